The van der Waals surface area contributed by atoms with E-state index in [9.17, 15) is 0 Å². The maximum Gasteiger partial charge on any atom is 0.150 e. The second-order valence-electron chi connectivity index (χ2n) is 6.14. The minimum atomic E-state index is 0.462. The van der Waals surface area contributed by atoms with Gasteiger partial charge in [-0.2, -0.15) is 9.61 Å². The first-order valence-electron chi connectivity index (χ1n) is 8.29. The Kier molecular flexibility index (Phi) is 4.17. The highest BCUT2D eigenvalue weighted by Gasteiger charge is 2.19. The lowest BCUT2D eigenvalue weighted by Gasteiger charge is -2.23. The van der Waals surface area contributed by atoms with E-state index in [1.807, 2.05) is 18.3 Å². The molecule has 4 heterocycles. The molecule has 6 nitrogen and oxygen atoms in total. The van der Waals surface area contributed by atoms with Crippen molar-refractivity contribution in [2.24, 2.45) is 0 Å². The Bertz CT molecular complexity index is 826. The molecule has 3 aromatic rings. The van der Waals surface area contributed by atoms with E-state index in [2.05, 4.69) is 26.8 Å². The Morgan fingerprint density at radius 2 is 2.17 bits per heavy atom. The van der Waals surface area contributed by atoms with Crippen LogP contribution in [-0.2, 0) is 6.54 Å². The Morgan fingerprint density at radius 1 is 1.29 bits per heavy atom. The normalized spacial score (nSPS) is 15.7. The van der Waals surface area contributed by atoms with Crippen LogP contribution >= 0.6 is 0 Å². The lowest BCUT2D eigenvalue weighted by molar-refractivity contribution is 0.453. The van der Waals surface area contributed by atoms with Crippen molar-refractivity contribution in [1.82, 2.24) is 24.9 Å². The highest BCUT2D eigenvalue weighted by Crippen LogP contribution is 2.26. The van der Waals surface area contributed by atoms with Gasteiger partial charge in [0.2, 0.25) is 0 Å². The van der Waals surface area contributed by atoms with Gasteiger partial charge in [-0.05, 0) is 43.0 Å². The third kappa shape index (κ3) is 2.99. The van der Waals surface area contributed by atoms with Gasteiger partial charge in [0, 0.05) is 42.8 Å². The molecule has 1 saturated heterocycles. The third-order valence-electron chi connectivity index (χ3n) is 4.47. The summed E-state index contributed by atoms with van der Waals surface area (Å²) in [6.45, 7) is 2.74. The monoisotopic (exact) mass is 318 g/mol. The number of nitrogens with one attached hydrogen (secondary N) is 2. The molecule has 0 bridgehead atoms. The van der Waals surface area contributed by atoms with Gasteiger partial charge in [0.05, 0.1) is 0 Å². The fraction of sp³-hybridized carbons (Fsp3) is 0.353. The van der Waals surface area contributed by atoms with Gasteiger partial charge in [-0.3, -0.25) is 4.98 Å². The molecule has 0 atom stereocenters. The molecule has 120 valence electrons. The summed E-state index contributed by atoms with van der Waals surface area (Å²) in [5.74, 6) is 1.37. The predicted molar refractivity (Wildman–Crippen MR) is 94.8 cm³/mol. The molecule has 24 heavy (non-hydrogen) atoms. The van der Waals surface area contributed by atoms with E-state index in [1.54, 1.807) is 16.9 Å². The minimum Gasteiger partial charge on any atom is -0.366 e. The second-order valence-corrected chi connectivity index (χ2v) is 6.14. The van der Waals surface area contributed by atoms with Crippen molar-refractivity contribution >= 4 is 24.8 Å². The Morgan fingerprint density at radius 3 is 2.96 bits per heavy atom. The zero-order valence-electron chi connectivity index (χ0n) is 13.4. The number of nitrogens with zero attached hydrogens (tertiary/aromatic N) is 4. The molecule has 7 heteroatoms. The summed E-state index contributed by atoms with van der Waals surface area (Å²) in [4.78, 5) is 8.92. The first-order chi connectivity index (χ1) is 11.8. The molecule has 2 N–H and O–H groups in total. The van der Waals surface area contributed by atoms with Gasteiger partial charge in [-0.1, -0.05) is 6.07 Å². The maximum absolute atomic E-state index is 6.05. The fourth-order valence-electron chi connectivity index (χ4n) is 3.15. The Hall–Kier alpha value is -2.41. The van der Waals surface area contributed by atoms with Crippen molar-refractivity contribution in [3.8, 4) is 0 Å². The Labute approximate surface area is 142 Å². The topological polar surface area (TPSA) is 67.1 Å². The molecule has 1 aliphatic heterocycles. The number of aromatic nitrogens is 4. The molecular formula is C17H19BN6. The molecule has 0 amide bonds. The van der Waals surface area contributed by atoms with E-state index in [0.29, 0.717) is 17.9 Å². The third-order valence-corrected chi connectivity index (χ3v) is 4.47. The van der Waals surface area contributed by atoms with E-state index in [1.165, 1.54) is 0 Å². The van der Waals surface area contributed by atoms with Gasteiger partial charge in [0.1, 0.15) is 19.3 Å². The van der Waals surface area contributed by atoms with Gasteiger partial charge in [0.25, 0.3) is 0 Å². The molecule has 0 aliphatic carbocycles. The molecule has 0 spiro atoms. The average molecular weight is 318 g/mol. The molecule has 0 aromatic carbocycles. The van der Waals surface area contributed by atoms with E-state index >= 15 is 0 Å². The SMILES string of the molecule is [B]c1cnn2c(NCc3cccnc3)cc(C3CCNCC3)nc12. The number of hydrogen-bond donors (Lipinski definition) is 2. The highest BCUT2D eigenvalue weighted by atomic mass is 15.3. The Balaban J connectivity index is 1.67. The van der Waals surface area contributed by atoms with Crippen molar-refractivity contribution in [3.05, 3.63) is 48.0 Å². The van der Waals surface area contributed by atoms with Crippen LogP contribution in [0.25, 0.3) is 5.65 Å². The van der Waals surface area contributed by atoms with Crippen molar-refractivity contribution in [2.75, 3.05) is 18.4 Å². The standard InChI is InChI=1S/C17H19BN6/c18-14-11-22-24-16(21-10-12-2-1-5-20-9-12)8-15(23-17(14)24)13-3-6-19-7-4-13/h1-2,5,8-9,11,13,19,21H,3-4,6-7,10H2. The molecule has 4 rings (SSSR count). The van der Waals surface area contributed by atoms with Gasteiger partial charge in [-0.25, -0.2) is 4.98 Å². The number of pyridine rings is 1. The number of hydrogen-bond acceptors (Lipinski definition) is 5. The lowest BCUT2D eigenvalue weighted by Crippen LogP contribution is -2.27. The van der Waals surface area contributed by atoms with Gasteiger partial charge in [-0.15, -0.1) is 0 Å². The van der Waals surface area contributed by atoms with Gasteiger partial charge < -0.3 is 10.6 Å². The van der Waals surface area contributed by atoms with Crippen molar-refractivity contribution in [1.29, 1.82) is 0 Å². The van der Waals surface area contributed by atoms with Gasteiger partial charge >= 0.3 is 0 Å². The van der Waals surface area contributed by atoms with Crippen LogP contribution in [0.1, 0.15) is 30.0 Å². The maximum atomic E-state index is 6.05. The molecule has 3 aromatic heterocycles. The summed E-state index contributed by atoms with van der Waals surface area (Å²) >= 11 is 0. The van der Waals surface area contributed by atoms with E-state index in [0.717, 1.165) is 48.7 Å². The largest absolute Gasteiger partial charge is 0.366 e. The van der Waals surface area contributed by atoms with Crippen LogP contribution in [-0.4, -0.2) is 40.5 Å². The van der Waals surface area contributed by atoms with Crippen LogP contribution < -0.4 is 16.1 Å². The highest BCUT2D eigenvalue weighted by molar-refractivity contribution is 6.36. The summed E-state index contributed by atoms with van der Waals surface area (Å²) in [7, 11) is 6.05. The first kappa shape index (κ1) is 15.1. The predicted octanol–water partition coefficient (Wildman–Crippen LogP) is 0.997. The number of rotatable bonds is 4. The molecular weight excluding hydrogens is 299 g/mol. The summed E-state index contributed by atoms with van der Waals surface area (Å²) in [5.41, 5.74) is 3.53. The van der Waals surface area contributed by atoms with Crippen molar-refractivity contribution in [2.45, 2.75) is 25.3 Å². The van der Waals surface area contributed by atoms with Gasteiger partial charge in [0.15, 0.2) is 0 Å². The first-order valence-corrected chi connectivity index (χ1v) is 8.29. The average Bonchev–Trinajstić information content (AvgIpc) is 3.02. The fourth-order valence-corrected chi connectivity index (χ4v) is 3.15. The zero-order valence-corrected chi connectivity index (χ0v) is 13.4. The zero-order chi connectivity index (χ0) is 16.4. The quantitative estimate of drug-likeness (QED) is 0.703. The number of fused-ring (bicyclic) bond motifs is 1. The van der Waals surface area contributed by atoms with Crippen LogP contribution in [0, 0.1) is 0 Å². The lowest BCUT2D eigenvalue weighted by atomic mass is 9.94. The van der Waals surface area contributed by atoms with Crippen LogP contribution in [0.2, 0.25) is 0 Å². The molecule has 0 unspecified atom stereocenters. The van der Waals surface area contributed by atoms with E-state index in [-0.39, 0.29) is 0 Å². The number of anilines is 1. The summed E-state index contributed by atoms with van der Waals surface area (Å²) < 4.78 is 1.77. The molecule has 0 saturated carbocycles. The smallest absolute Gasteiger partial charge is 0.150 e. The summed E-state index contributed by atoms with van der Waals surface area (Å²) in [6.07, 6.45) is 7.48. The van der Waals surface area contributed by atoms with Crippen LogP contribution in [0.3, 0.4) is 0 Å². The van der Waals surface area contributed by atoms with Crippen LogP contribution in [0.4, 0.5) is 5.82 Å². The summed E-state index contributed by atoms with van der Waals surface area (Å²) in [5, 5.41) is 11.2. The molecule has 1 fully saturated rings. The molecule has 1 aliphatic rings. The van der Waals surface area contributed by atoms with Crippen LogP contribution in [0.15, 0.2) is 36.8 Å². The summed E-state index contributed by atoms with van der Waals surface area (Å²) in [6, 6.07) is 6.08. The van der Waals surface area contributed by atoms with Crippen molar-refractivity contribution < 1.29 is 0 Å². The van der Waals surface area contributed by atoms with Crippen molar-refractivity contribution in [3.63, 3.8) is 0 Å². The molecule has 2 radical (unpaired) electrons. The minimum absolute atomic E-state index is 0.462. The number of piperidine rings is 1. The van der Waals surface area contributed by atoms with Crippen LogP contribution in [0.5, 0.6) is 0 Å². The van der Waals surface area contributed by atoms with E-state index in [4.69, 9.17) is 12.8 Å². The second kappa shape index (κ2) is 6.61. The van der Waals surface area contributed by atoms with E-state index < -0.39 is 0 Å².